The molecule has 0 fully saturated rings. The Labute approximate surface area is 172 Å². The van der Waals surface area contributed by atoms with Crippen LogP contribution in [-0.2, 0) is 11.3 Å². The number of halogens is 1. The molecule has 0 spiro atoms. The van der Waals surface area contributed by atoms with Crippen molar-refractivity contribution in [3.63, 3.8) is 0 Å². The van der Waals surface area contributed by atoms with Gasteiger partial charge in [-0.15, -0.1) is 0 Å². The van der Waals surface area contributed by atoms with Crippen molar-refractivity contribution in [3.05, 3.63) is 64.5 Å². The van der Waals surface area contributed by atoms with Gasteiger partial charge in [-0.2, -0.15) is 4.98 Å². The third-order valence-corrected chi connectivity index (χ3v) is 4.80. The van der Waals surface area contributed by atoms with Crippen LogP contribution in [0.2, 0.25) is 0 Å². The van der Waals surface area contributed by atoms with Crippen molar-refractivity contribution in [1.29, 1.82) is 0 Å². The third kappa shape index (κ3) is 4.78. The molecule has 146 valence electrons. The highest BCUT2D eigenvalue weighted by atomic mass is 79.9. The first-order chi connectivity index (χ1) is 13.5. The second kappa shape index (κ2) is 9.01. The molecule has 0 radical (unpaired) electrons. The minimum absolute atomic E-state index is 0.132. The first-order valence-electron chi connectivity index (χ1n) is 9.03. The summed E-state index contributed by atoms with van der Waals surface area (Å²) in [7, 11) is 1.70. The van der Waals surface area contributed by atoms with Gasteiger partial charge in [0.1, 0.15) is 5.75 Å². The van der Waals surface area contributed by atoms with Crippen LogP contribution < -0.4 is 4.74 Å². The van der Waals surface area contributed by atoms with Crippen molar-refractivity contribution < 1.29 is 14.1 Å². The summed E-state index contributed by atoms with van der Waals surface area (Å²) in [5.74, 6) is 1.44. The minimum Gasteiger partial charge on any atom is -0.480 e. The summed E-state index contributed by atoms with van der Waals surface area (Å²) >= 11 is 3.43. The maximum absolute atomic E-state index is 12.8. The molecule has 7 heteroatoms. The lowest BCUT2D eigenvalue weighted by Gasteiger charge is -2.23. The molecule has 1 aromatic heterocycles. The van der Waals surface area contributed by atoms with Crippen LogP contribution in [-0.4, -0.2) is 34.1 Å². The van der Waals surface area contributed by atoms with Gasteiger partial charge in [-0.3, -0.25) is 4.79 Å². The third-order valence-electron chi connectivity index (χ3n) is 4.31. The van der Waals surface area contributed by atoms with E-state index in [2.05, 4.69) is 26.1 Å². The Morgan fingerprint density at radius 2 is 2.04 bits per heavy atom. The van der Waals surface area contributed by atoms with E-state index >= 15 is 0 Å². The number of aryl methyl sites for hydroxylation is 1. The normalized spacial score (nSPS) is 11.9. The summed E-state index contributed by atoms with van der Waals surface area (Å²) < 4.78 is 12.2. The first-order valence-corrected chi connectivity index (χ1v) is 9.83. The molecule has 0 bridgehead atoms. The molecule has 2 aromatic carbocycles. The van der Waals surface area contributed by atoms with Crippen molar-refractivity contribution in [3.8, 4) is 17.1 Å². The number of amides is 1. The molecule has 28 heavy (non-hydrogen) atoms. The van der Waals surface area contributed by atoms with Crippen molar-refractivity contribution in [2.24, 2.45) is 0 Å². The zero-order valence-electron chi connectivity index (χ0n) is 16.1. The Kier molecular flexibility index (Phi) is 6.46. The number of carbonyl (C=O) groups excluding carboxylic acids is 1. The summed E-state index contributed by atoms with van der Waals surface area (Å²) in [5.41, 5.74) is 1.83. The molecule has 0 saturated heterocycles. The predicted octanol–water partition coefficient (Wildman–Crippen LogP) is 4.62. The molecule has 6 nitrogen and oxygen atoms in total. The van der Waals surface area contributed by atoms with E-state index in [9.17, 15) is 4.79 Å². The molecule has 0 aliphatic carbocycles. The van der Waals surface area contributed by atoms with Gasteiger partial charge in [0.25, 0.3) is 5.91 Å². The van der Waals surface area contributed by atoms with Crippen molar-refractivity contribution >= 4 is 21.8 Å². The minimum atomic E-state index is -0.571. The second-order valence-electron chi connectivity index (χ2n) is 6.50. The molecule has 1 amide bonds. The quantitative estimate of drug-likeness (QED) is 0.532. The van der Waals surface area contributed by atoms with Gasteiger partial charge in [0.15, 0.2) is 6.10 Å². The van der Waals surface area contributed by atoms with Crippen LogP contribution in [0.4, 0.5) is 0 Å². The molecule has 0 aliphatic heterocycles. The number of para-hydroxylation sites is 1. The Hall–Kier alpha value is -2.67. The van der Waals surface area contributed by atoms with E-state index in [1.807, 2.05) is 62.4 Å². The van der Waals surface area contributed by atoms with Gasteiger partial charge in [0.2, 0.25) is 11.7 Å². The van der Waals surface area contributed by atoms with Crippen LogP contribution in [0.1, 0.15) is 24.8 Å². The lowest BCUT2D eigenvalue weighted by Crippen LogP contribution is -2.39. The van der Waals surface area contributed by atoms with Gasteiger partial charge in [-0.25, -0.2) is 0 Å². The zero-order chi connectivity index (χ0) is 20.1. The van der Waals surface area contributed by atoms with E-state index < -0.39 is 6.10 Å². The van der Waals surface area contributed by atoms with E-state index in [0.717, 1.165) is 15.6 Å². The number of benzene rings is 2. The summed E-state index contributed by atoms with van der Waals surface area (Å²) in [4.78, 5) is 18.8. The SMILES string of the molecule is CC[C@@H](Oc1ccccc1C)C(=O)N(C)Cc1nc(-c2cccc(Br)c2)no1. The van der Waals surface area contributed by atoms with Crippen molar-refractivity contribution in [1.82, 2.24) is 15.0 Å². The highest BCUT2D eigenvalue weighted by molar-refractivity contribution is 9.10. The fourth-order valence-electron chi connectivity index (χ4n) is 2.74. The summed E-state index contributed by atoms with van der Waals surface area (Å²) in [6.45, 7) is 4.10. The fourth-order valence-corrected chi connectivity index (χ4v) is 3.14. The number of aromatic nitrogens is 2. The smallest absolute Gasteiger partial charge is 0.263 e. The van der Waals surface area contributed by atoms with E-state index in [4.69, 9.17) is 9.26 Å². The summed E-state index contributed by atoms with van der Waals surface area (Å²) in [6, 6.07) is 15.3. The Morgan fingerprint density at radius 3 is 2.75 bits per heavy atom. The molecule has 1 heterocycles. The summed E-state index contributed by atoms with van der Waals surface area (Å²) in [6.07, 6.45) is -0.0106. The highest BCUT2D eigenvalue weighted by Gasteiger charge is 2.24. The Morgan fingerprint density at radius 1 is 1.25 bits per heavy atom. The number of rotatable bonds is 7. The van der Waals surface area contributed by atoms with Crippen molar-refractivity contribution in [2.45, 2.75) is 32.9 Å². The van der Waals surface area contributed by atoms with Crippen LogP contribution >= 0.6 is 15.9 Å². The average molecular weight is 444 g/mol. The van der Waals surface area contributed by atoms with Gasteiger partial charge in [-0.1, -0.05) is 58.3 Å². The monoisotopic (exact) mass is 443 g/mol. The maximum Gasteiger partial charge on any atom is 0.263 e. The van der Waals surface area contributed by atoms with Gasteiger partial charge in [0.05, 0.1) is 6.54 Å². The molecule has 1 atom stereocenters. The molecule has 0 aliphatic rings. The number of likely N-dealkylation sites (N-methyl/N-ethyl adjacent to an activating group) is 1. The number of hydrogen-bond acceptors (Lipinski definition) is 5. The zero-order valence-corrected chi connectivity index (χ0v) is 17.6. The largest absolute Gasteiger partial charge is 0.480 e. The van der Waals surface area contributed by atoms with E-state index in [1.165, 1.54) is 0 Å². The van der Waals surface area contributed by atoms with Crippen LogP contribution in [0.15, 0.2) is 57.5 Å². The van der Waals surface area contributed by atoms with Crippen LogP contribution in [0, 0.1) is 6.92 Å². The Balaban J connectivity index is 1.67. The summed E-state index contributed by atoms with van der Waals surface area (Å²) in [5, 5.41) is 4.01. The first kappa shape index (κ1) is 20.1. The van der Waals surface area contributed by atoms with Crippen molar-refractivity contribution in [2.75, 3.05) is 7.05 Å². The number of carbonyl (C=O) groups is 1. The lowest BCUT2D eigenvalue weighted by molar-refractivity contribution is -0.138. The van der Waals surface area contributed by atoms with Gasteiger partial charge < -0.3 is 14.2 Å². The molecular weight excluding hydrogens is 422 g/mol. The topological polar surface area (TPSA) is 68.5 Å². The molecule has 3 aromatic rings. The predicted molar refractivity (Wildman–Crippen MR) is 110 cm³/mol. The van der Waals surface area contributed by atoms with Gasteiger partial charge in [-0.05, 0) is 37.1 Å². The second-order valence-corrected chi connectivity index (χ2v) is 7.41. The van der Waals surface area contributed by atoms with E-state index in [1.54, 1.807) is 11.9 Å². The van der Waals surface area contributed by atoms with Gasteiger partial charge >= 0.3 is 0 Å². The lowest BCUT2D eigenvalue weighted by atomic mass is 10.2. The molecule has 3 rings (SSSR count). The average Bonchev–Trinajstić information content (AvgIpc) is 3.15. The van der Waals surface area contributed by atoms with Crippen LogP contribution in [0.25, 0.3) is 11.4 Å². The number of nitrogens with zero attached hydrogens (tertiary/aromatic N) is 3. The molecule has 0 N–H and O–H groups in total. The standard InChI is InChI=1S/C21H22BrN3O3/c1-4-17(27-18-11-6-5-8-14(18)2)21(26)25(3)13-19-23-20(24-28-19)15-9-7-10-16(22)12-15/h5-12,17H,4,13H2,1-3H3/t17-/m1/s1. The van der Waals surface area contributed by atoms with E-state index in [-0.39, 0.29) is 12.5 Å². The highest BCUT2D eigenvalue weighted by Crippen LogP contribution is 2.22. The van der Waals surface area contributed by atoms with Crippen LogP contribution in [0.3, 0.4) is 0 Å². The van der Waals surface area contributed by atoms with Gasteiger partial charge in [0, 0.05) is 17.1 Å². The molecule has 0 unspecified atom stereocenters. The number of ether oxygens (including phenoxy) is 1. The molecular formula is C21H22BrN3O3. The molecule has 0 saturated carbocycles. The maximum atomic E-state index is 12.8. The Bertz CT molecular complexity index is 957. The number of hydrogen-bond donors (Lipinski definition) is 0. The van der Waals surface area contributed by atoms with E-state index in [0.29, 0.717) is 23.9 Å². The fraction of sp³-hybridized carbons (Fsp3) is 0.286. The van der Waals surface area contributed by atoms with Crippen LogP contribution in [0.5, 0.6) is 5.75 Å².